The molecule has 0 bridgehead atoms. The van der Waals surface area contributed by atoms with Crippen LogP contribution in [0.5, 0.6) is 0 Å². The lowest BCUT2D eigenvalue weighted by Crippen LogP contribution is -2.27. The van der Waals surface area contributed by atoms with Crippen molar-refractivity contribution in [1.29, 1.82) is 0 Å². The number of aromatic nitrogens is 1. The molecule has 1 aromatic rings. The van der Waals surface area contributed by atoms with Crippen LogP contribution in [0.2, 0.25) is 0 Å². The largest absolute Gasteiger partial charge is 0.349 e. The summed E-state index contributed by atoms with van der Waals surface area (Å²) >= 11 is 0. The van der Waals surface area contributed by atoms with E-state index in [1.54, 1.807) is 12.3 Å². The summed E-state index contributed by atoms with van der Waals surface area (Å²) in [7, 11) is -3.40. The van der Waals surface area contributed by atoms with Crippen molar-refractivity contribution in [1.82, 2.24) is 14.6 Å². The molecule has 1 heterocycles. The summed E-state index contributed by atoms with van der Waals surface area (Å²) in [4.78, 5) is 0.361. The summed E-state index contributed by atoms with van der Waals surface area (Å²) in [6, 6.07) is 1.76. The fraction of sp³-hybridized carbons (Fsp3) is 0.714. The van der Waals surface area contributed by atoms with Crippen LogP contribution in [0.1, 0.15) is 39.8 Å². The molecule has 0 aliphatic rings. The first kappa shape index (κ1) is 17.2. The zero-order valence-electron chi connectivity index (χ0n) is 12.9. The molecule has 0 amide bonds. The normalized spacial score (nSPS) is 12.2. The highest BCUT2D eigenvalue weighted by atomic mass is 32.2. The predicted octanol–water partition coefficient (Wildman–Crippen LogP) is 1.94. The molecule has 0 unspecified atom stereocenters. The predicted molar refractivity (Wildman–Crippen MR) is 82.1 cm³/mol. The van der Waals surface area contributed by atoms with Gasteiger partial charge in [0.05, 0.1) is 4.90 Å². The van der Waals surface area contributed by atoms with Crippen LogP contribution in [-0.2, 0) is 23.1 Å². The van der Waals surface area contributed by atoms with Crippen LogP contribution in [0.3, 0.4) is 0 Å². The van der Waals surface area contributed by atoms with Gasteiger partial charge in [0.2, 0.25) is 10.0 Å². The van der Waals surface area contributed by atoms with E-state index in [0.29, 0.717) is 23.9 Å². The fourth-order valence-electron chi connectivity index (χ4n) is 1.88. The molecule has 1 rings (SSSR count). The molecule has 0 saturated heterocycles. The maximum atomic E-state index is 12.2. The molecule has 0 aromatic carbocycles. The third kappa shape index (κ3) is 4.92. The molecule has 0 aliphatic heterocycles. The van der Waals surface area contributed by atoms with E-state index in [1.807, 2.05) is 25.3 Å². The topological polar surface area (TPSA) is 63.1 Å². The average molecular weight is 301 g/mol. The van der Waals surface area contributed by atoms with Crippen molar-refractivity contribution in [3.63, 3.8) is 0 Å². The summed E-state index contributed by atoms with van der Waals surface area (Å²) < 4.78 is 29.1. The van der Waals surface area contributed by atoms with Gasteiger partial charge in [-0.05, 0) is 24.9 Å². The number of aryl methyl sites for hydroxylation is 1. The molecule has 0 aliphatic carbocycles. The van der Waals surface area contributed by atoms with Crippen molar-refractivity contribution in [2.45, 2.75) is 52.1 Å². The van der Waals surface area contributed by atoms with Gasteiger partial charge in [-0.1, -0.05) is 27.7 Å². The number of rotatable bonds is 9. The highest BCUT2D eigenvalue weighted by Crippen LogP contribution is 2.15. The van der Waals surface area contributed by atoms with Gasteiger partial charge >= 0.3 is 0 Å². The average Bonchev–Trinajstić information content (AvgIpc) is 2.79. The number of nitrogens with zero attached hydrogens (tertiary/aromatic N) is 1. The fourth-order valence-corrected chi connectivity index (χ4v) is 3.16. The van der Waals surface area contributed by atoms with Crippen LogP contribution in [-0.4, -0.2) is 26.1 Å². The van der Waals surface area contributed by atoms with Gasteiger partial charge in [0.25, 0.3) is 0 Å². The van der Waals surface area contributed by atoms with E-state index in [9.17, 15) is 8.42 Å². The van der Waals surface area contributed by atoms with E-state index in [1.165, 1.54) is 0 Å². The summed E-state index contributed by atoms with van der Waals surface area (Å²) in [5.41, 5.74) is 1.01. The minimum absolute atomic E-state index is 0.295. The number of hydrogen-bond acceptors (Lipinski definition) is 3. The minimum atomic E-state index is -3.40. The zero-order valence-corrected chi connectivity index (χ0v) is 13.8. The van der Waals surface area contributed by atoms with Crippen LogP contribution in [0.25, 0.3) is 0 Å². The monoisotopic (exact) mass is 301 g/mol. The van der Waals surface area contributed by atoms with E-state index < -0.39 is 10.0 Å². The Morgan fingerprint density at radius 1 is 1.30 bits per heavy atom. The van der Waals surface area contributed by atoms with Crippen molar-refractivity contribution < 1.29 is 8.42 Å². The molecular formula is C14H27N3O2S. The van der Waals surface area contributed by atoms with Crippen LogP contribution < -0.4 is 10.0 Å². The Morgan fingerprint density at radius 3 is 2.55 bits per heavy atom. The summed E-state index contributed by atoms with van der Waals surface area (Å²) in [5.74, 6) is 0.295. The molecule has 1 aromatic heterocycles. The van der Waals surface area contributed by atoms with E-state index in [4.69, 9.17) is 0 Å². The Bertz CT molecular complexity index is 506. The van der Waals surface area contributed by atoms with Gasteiger partial charge in [0, 0.05) is 31.5 Å². The number of nitrogens with one attached hydrogen (secondary N) is 2. The Morgan fingerprint density at radius 2 is 2.00 bits per heavy atom. The van der Waals surface area contributed by atoms with Gasteiger partial charge in [0.15, 0.2) is 0 Å². The second-order valence-corrected chi connectivity index (χ2v) is 7.15. The SMILES string of the molecule is CCCn1cc(S(=O)(=O)NCC(C)C)cc1CNCC. The lowest BCUT2D eigenvalue weighted by Gasteiger charge is -2.07. The standard InChI is InChI=1S/C14H27N3O2S/c1-5-7-17-11-14(8-13(17)10-15-6-2)20(18,19)16-9-12(3)4/h8,11-12,15-16H,5-7,9-10H2,1-4H3. The third-order valence-electron chi connectivity index (χ3n) is 2.97. The van der Waals surface area contributed by atoms with Gasteiger partial charge < -0.3 is 9.88 Å². The van der Waals surface area contributed by atoms with Crippen molar-refractivity contribution >= 4 is 10.0 Å². The molecule has 6 heteroatoms. The summed E-state index contributed by atoms with van der Waals surface area (Å²) in [5, 5.41) is 3.24. The Hall–Kier alpha value is -0.850. The molecule has 20 heavy (non-hydrogen) atoms. The first-order valence-electron chi connectivity index (χ1n) is 7.30. The van der Waals surface area contributed by atoms with Crippen LogP contribution in [0.4, 0.5) is 0 Å². The maximum absolute atomic E-state index is 12.2. The lowest BCUT2D eigenvalue weighted by molar-refractivity contribution is 0.559. The van der Waals surface area contributed by atoms with Crippen molar-refractivity contribution in [2.24, 2.45) is 5.92 Å². The maximum Gasteiger partial charge on any atom is 0.242 e. The summed E-state index contributed by atoms with van der Waals surface area (Å²) in [6.07, 6.45) is 2.71. The highest BCUT2D eigenvalue weighted by Gasteiger charge is 2.18. The van der Waals surface area contributed by atoms with Crippen molar-refractivity contribution in [3.05, 3.63) is 18.0 Å². The molecule has 0 spiro atoms. The second-order valence-electron chi connectivity index (χ2n) is 5.39. The van der Waals surface area contributed by atoms with E-state index >= 15 is 0 Å². The van der Waals surface area contributed by atoms with Gasteiger partial charge in [-0.2, -0.15) is 0 Å². The van der Waals surface area contributed by atoms with Crippen LogP contribution >= 0.6 is 0 Å². The van der Waals surface area contributed by atoms with Gasteiger partial charge in [0.1, 0.15) is 0 Å². The second kappa shape index (κ2) is 7.81. The van der Waals surface area contributed by atoms with Crippen LogP contribution in [0, 0.1) is 5.92 Å². The molecule has 0 saturated carbocycles. The quantitative estimate of drug-likeness (QED) is 0.733. The number of sulfonamides is 1. The molecule has 0 atom stereocenters. The Kier molecular flexibility index (Phi) is 6.71. The summed E-state index contributed by atoms with van der Waals surface area (Å²) in [6.45, 7) is 10.9. The molecular weight excluding hydrogens is 274 g/mol. The van der Waals surface area contributed by atoms with E-state index in [2.05, 4.69) is 17.0 Å². The molecule has 0 fully saturated rings. The Labute approximate surface area is 122 Å². The van der Waals surface area contributed by atoms with Gasteiger partial charge in [-0.25, -0.2) is 13.1 Å². The molecule has 2 N–H and O–H groups in total. The minimum Gasteiger partial charge on any atom is -0.349 e. The molecule has 0 radical (unpaired) electrons. The molecule has 116 valence electrons. The van der Waals surface area contributed by atoms with Crippen molar-refractivity contribution in [3.8, 4) is 0 Å². The lowest BCUT2D eigenvalue weighted by atomic mass is 10.2. The van der Waals surface area contributed by atoms with Gasteiger partial charge in [-0.15, -0.1) is 0 Å². The zero-order chi connectivity index (χ0) is 15.2. The Balaban J connectivity index is 2.94. The number of hydrogen-bond donors (Lipinski definition) is 2. The molecule has 5 nitrogen and oxygen atoms in total. The van der Waals surface area contributed by atoms with E-state index in [0.717, 1.165) is 25.2 Å². The third-order valence-corrected chi connectivity index (χ3v) is 4.36. The highest BCUT2D eigenvalue weighted by molar-refractivity contribution is 7.89. The van der Waals surface area contributed by atoms with Crippen LogP contribution in [0.15, 0.2) is 17.2 Å². The van der Waals surface area contributed by atoms with E-state index in [-0.39, 0.29) is 0 Å². The smallest absolute Gasteiger partial charge is 0.242 e. The first-order valence-corrected chi connectivity index (χ1v) is 8.78. The first-order chi connectivity index (χ1) is 9.40. The van der Waals surface area contributed by atoms with Crippen molar-refractivity contribution in [2.75, 3.05) is 13.1 Å². The van der Waals surface area contributed by atoms with Gasteiger partial charge in [-0.3, -0.25) is 0 Å².